The van der Waals surface area contributed by atoms with E-state index in [1.807, 2.05) is 6.92 Å². The van der Waals surface area contributed by atoms with Gasteiger partial charge in [0.2, 0.25) is 5.91 Å². The topological polar surface area (TPSA) is 72.2 Å². The van der Waals surface area contributed by atoms with Crippen molar-refractivity contribution in [3.8, 4) is 0 Å². The summed E-state index contributed by atoms with van der Waals surface area (Å²) in [4.78, 5) is 10.8. The Morgan fingerprint density at radius 1 is 1.50 bits per heavy atom. The SMILES string of the molecule is CNC(=O)CCCS(=O)CCC(C)N. The van der Waals surface area contributed by atoms with Crippen molar-refractivity contribution >= 4 is 16.7 Å². The van der Waals surface area contributed by atoms with Crippen LogP contribution in [0.3, 0.4) is 0 Å². The van der Waals surface area contributed by atoms with Crippen LogP contribution in [-0.4, -0.2) is 34.7 Å². The van der Waals surface area contributed by atoms with Gasteiger partial charge in [-0.3, -0.25) is 9.00 Å². The standard InChI is InChI=1S/C9H20N2O2S/c1-8(10)5-7-14(13)6-3-4-9(12)11-2/h8H,3-7,10H2,1-2H3,(H,11,12). The third-order valence-corrected chi connectivity index (χ3v) is 3.29. The number of hydrogen-bond donors (Lipinski definition) is 2. The molecule has 84 valence electrons. The van der Waals surface area contributed by atoms with E-state index in [-0.39, 0.29) is 11.9 Å². The molecule has 2 atom stereocenters. The molecule has 0 radical (unpaired) electrons. The van der Waals surface area contributed by atoms with E-state index in [2.05, 4.69) is 5.32 Å². The van der Waals surface area contributed by atoms with Crippen molar-refractivity contribution in [2.75, 3.05) is 18.6 Å². The van der Waals surface area contributed by atoms with Crippen molar-refractivity contribution < 1.29 is 9.00 Å². The molecule has 4 nitrogen and oxygen atoms in total. The molecule has 0 fully saturated rings. The molecule has 0 saturated heterocycles. The van der Waals surface area contributed by atoms with Crippen LogP contribution in [-0.2, 0) is 15.6 Å². The Kier molecular flexibility index (Phi) is 7.70. The summed E-state index contributed by atoms with van der Waals surface area (Å²) in [5.41, 5.74) is 5.54. The van der Waals surface area contributed by atoms with Crippen LogP contribution in [0.2, 0.25) is 0 Å². The molecule has 0 aromatic rings. The maximum atomic E-state index is 11.3. The van der Waals surface area contributed by atoms with Gasteiger partial charge in [-0.2, -0.15) is 0 Å². The first kappa shape index (κ1) is 13.6. The van der Waals surface area contributed by atoms with Crippen LogP contribution in [0.1, 0.15) is 26.2 Å². The highest BCUT2D eigenvalue weighted by molar-refractivity contribution is 7.84. The fourth-order valence-electron chi connectivity index (χ4n) is 0.938. The number of carbonyl (C=O) groups is 1. The molecule has 0 aliphatic rings. The molecule has 5 heteroatoms. The van der Waals surface area contributed by atoms with Crippen molar-refractivity contribution in [1.29, 1.82) is 0 Å². The lowest BCUT2D eigenvalue weighted by atomic mass is 10.3. The highest BCUT2D eigenvalue weighted by Crippen LogP contribution is 1.96. The van der Waals surface area contributed by atoms with Crippen LogP contribution in [0.4, 0.5) is 0 Å². The smallest absolute Gasteiger partial charge is 0.219 e. The highest BCUT2D eigenvalue weighted by Gasteiger charge is 2.03. The van der Waals surface area contributed by atoms with Crippen molar-refractivity contribution in [3.63, 3.8) is 0 Å². The number of nitrogens with one attached hydrogen (secondary N) is 1. The van der Waals surface area contributed by atoms with Crippen molar-refractivity contribution in [2.24, 2.45) is 5.73 Å². The largest absolute Gasteiger partial charge is 0.359 e. The van der Waals surface area contributed by atoms with Gasteiger partial charge in [0, 0.05) is 41.8 Å². The molecule has 0 saturated carbocycles. The molecule has 0 aromatic heterocycles. The molecule has 0 aliphatic carbocycles. The summed E-state index contributed by atoms with van der Waals surface area (Å²) < 4.78 is 11.3. The lowest BCUT2D eigenvalue weighted by Crippen LogP contribution is -2.20. The molecule has 0 aromatic carbocycles. The van der Waals surface area contributed by atoms with Crippen LogP contribution in [0.15, 0.2) is 0 Å². The molecule has 0 bridgehead atoms. The summed E-state index contributed by atoms with van der Waals surface area (Å²) in [6.45, 7) is 1.90. The number of carbonyl (C=O) groups excluding carboxylic acids is 1. The van der Waals surface area contributed by atoms with E-state index in [0.29, 0.717) is 24.3 Å². The Bertz CT molecular complexity index is 195. The molecule has 14 heavy (non-hydrogen) atoms. The molecular formula is C9H20N2O2S. The minimum Gasteiger partial charge on any atom is -0.359 e. The van der Waals surface area contributed by atoms with Gasteiger partial charge < -0.3 is 11.1 Å². The van der Waals surface area contributed by atoms with Gasteiger partial charge in [0.1, 0.15) is 0 Å². The van der Waals surface area contributed by atoms with Gasteiger partial charge in [0.25, 0.3) is 0 Å². The van der Waals surface area contributed by atoms with Crippen LogP contribution >= 0.6 is 0 Å². The van der Waals surface area contributed by atoms with E-state index >= 15 is 0 Å². The molecule has 0 rings (SSSR count). The van der Waals surface area contributed by atoms with Crippen LogP contribution < -0.4 is 11.1 Å². The predicted octanol–water partition coefficient (Wildman–Crippen LogP) is -0.00140. The molecule has 3 N–H and O–H groups in total. The minimum atomic E-state index is -0.819. The van der Waals surface area contributed by atoms with Gasteiger partial charge in [0.05, 0.1) is 0 Å². The first-order chi connectivity index (χ1) is 6.56. The first-order valence-corrected chi connectivity index (χ1v) is 6.36. The van der Waals surface area contributed by atoms with E-state index in [4.69, 9.17) is 5.73 Å². The van der Waals surface area contributed by atoms with Crippen LogP contribution in [0, 0.1) is 0 Å². The fourth-order valence-corrected chi connectivity index (χ4v) is 2.24. The minimum absolute atomic E-state index is 0.00851. The Balaban J connectivity index is 3.40. The van der Waals surface area contributed by atoms with Gasteiger partial charge in [-0.05, 0) is 19.8 Å². The van der Waals surface area contributed by atoms with E-state index in [9.17, 15) is 9.00 Å². The monoisotopic (exact) mass is 220 g/mol. The van der Waals surface area contributed by atoms with E-state index in [1.54, 1.807) is 7.05 Å². The summed E-state index contributed by atoms with van der Waals surface area (Å²) in [5, 5.41) is 2.53. The Hall–Kier alpha value is -0.420. The Labute approximate surface area is 88.1 Å². The molecular weight excluding hydrogens is 200 g/mol. The van der Waals surface area contributed by atoms with Gasteiger partial charge in [-0.25, -0.2) is 0 Å². The second-order valence-corrected chi connectivity index (χ2v) is 5.09. The summed E-state index contributed by atoms with van der Waals surface area (Å²) in [6.07, 6.45) is 1.93. The molecule has 0 aliphatic heterocycles. The highest BCUT2D eigenvalue weighted by atomic mass is 32.2. The quantitative estimate of drug-likeness (QED) is 0.634. The molecule has 2 unspecified atom stereocenters. The summed E-state index contributed by atoms with van der Waals surface area (Å²) >= 11 is 0. The third kappa shape index (κ3) is 8.19. The summed E-state index contributed by atoms with van der Waals surface area (Å²) in [6, 6.07) is 0.109. The van der Waals surface area contributed by atoms with Crippen molar-refractivity contribution in [3.05, 3.63) is 0 Å². The van der Waals surface area contributed by atoms with Crippen LogP contribution in [0.5, 0.6) is 0 Å². The van der Waals surface area contributed by atoms with E-state index in [1.165, 1.54) is 0 Å². The summed E-state index contributed by atoms with van der Waals surface area (Å²) in [7, 11) is 0.788. The predicted molar refractivity (Wildman–Crippen MR) is 59.4 cm³/mol. The number of rotatable bonds is 7. The zero-order valence-corrected chi connectivity index (χ0v) is 9.73. The first-order valence-electron chi connectivity index (χ1n) is 4.87. The average molecular weight is 220 g/mol. The average Bonchev–Trinajstić information content (AvgIpc) is 2.14. The zero-order valence-electron chi connectivity index (χ0n) is 8.91. The van der Waals surface area contributed by atoms with Crippen LogP contribution in [0.25, 0.3) is 0 Å². The molecule has 0 spiro atoms. The lowest BCUT2D eigenvalue weighted by molar-refractivity contribution is -0.120. The van der Waals surface area contributed by atoms with Gasteiger partial charge in [-0.1, -0.05) is 0 Å². The van der Waals surface area contributed by atoms with E-state index < -0.39 is 10.8 Å². The number of amides is 1. The van der Waals surface area contributed by atoms with E-state index in [0.717, 1.165) is 6.42 Å². The van der Waals surface area contributed by atoms with Gasteiger partial charge in [0.15, 0.2) is 0 Å². The van der Waals surface area contributed by atoms with Crippen molar-refractivity contribution in [2.45, 2.75) is 32.2 Å². The lowest BCUT2D eigenvalue weighted by Gasteiger charge is -2.04. The normalized spacial score (nSPS) is 14.8. The van der Waals surface area contributed by atoms with Gasteiger partial charge >= 0.3 is 0 Å². The van der Waals surface area contributed by atoms with Gasteiger partial charge in [-0.15, -0.1) is 0 Å². The number of nitrogens with two attached hydrogens (primary N) is 1. The molecule has 1 amide bonds. The Morgan fingerprint density at radius 2 is 2.14 bits per heavy atom. The maximum Gasteiger partial charge on any atom is 0.219 e. The Morgan fingerprint density at radius 3 is 2.64 bits per heavy atom. The second kappa shape index (κ2) is 7.94. The zero-order chi connectivity index (χ0) is 11.0. The third-order valence-electron chi connectivity index (χ3n) is 1.86. The second-order valence-electron chi connectivity index (χ2n) is 3.39. The number of hydrogen-bond acceptors (Lipinski definition) is 3. The molecule has 0 heterocycles. The maximum absolute atomic E-state index is 11.3. The fraction of sp³-hybridized carbons (Fsp3) is 0.889. The van der Waals surface area contributed by atoms with Crippen molar-refractivity contribution in [1.82, 2.24) is 5.32 Å². The summed E-state index contributed by atoms with van der Waals surface area (Å²) in [5.74, 6) is 1.25.